The highest BCUT2D eigenvalue weighted by Gasteiger charge is 2.35. The number of carbonyl (C=O) groups excluding carboxylic acids is 1. The topological polar surface area (TPSA) is 38.1 Å². The van der Waals surface area contributed by atoms with Gasteiger partial charge in [-0.15, -0.1) is 0 Å². The number of imidazole rings is 1. The first-order chi connectivity index (χ1) is 12.9. The van der Waals surface area contributed by atoms with Crippen LogP contribution in [0.4, 0.5) is 5.69 Å². The Morgan fingerprint density at radius 2 is 2.00 bits per heavy atom. The number of allylic oxidation sites excluding steroid dienone is 1. The molecule has 4 nitrogen and oxygen atoms in total. The third kappa shape index (κ3) is 3.16. The molecule has 0 bridgehead atoms. The van der Waals surface area contributed by atoms with Crippen molar-refractivity contribution in [1.82, 2.24) is 9.55 Å². The summed E-state index contributed by atoms with van der Waals surface area (Å²) in [5.74, 6) is 1.24. The fourth-order valence-electron chi connectivity index (χ4n) is 3.97. The molecule has 1 atom stereocenters. The van der Waals surface area contributed by atoms with Crippen molar-refractivity contribution in [3.63, 3.8) is 0 Å². The first-order valence-electron chi connectivity index (χ1n) is 9.41. The first kappa shape index (κ1) is 17.5. The minimum absolute atomic E-state index is 0.0872. The van der Waals surface area contributed by atoms with Gasteiger partial charge in [-0.25, -0.2) is 4.98 Å². The lowest BCUT2D eigenvalue weighted by molar-refractivity contribution is -0.117. The van der Waals surface area contributed by atoms with Crippen molar-refractivity contribution in [1.29, 1.82) is 0 Å². The number of carbonyl (C=O) groups is 1. The summed E-state index contributed by atoms with van der Waals surface area (Å²) in [7, 11) is 0. The highest BCUT2D eigenvalue weighted by atomic mass is 16.2. The maximum absolute atomic E-state index is 12.8. The summed E-state index contributed by atoms with van der Waals surface area (Å²) in [5, 5.41) is 0. The van der Waals surface area contributed by atoms with Gasteiger partial charge in [0.25, 0.3) is 0 Å². The molecule has 3 aromatic rings. The Hall–Kier alpha value is -2.88. The van der Waals surface area contributed by atoms with Crippen LogP contribution in [0.15, 0.2) is 54.6 Å². The molecule has 1 aromatic heterocycles. The van der Waals surface area contributed by atoms with Crippen LogP contribution in [-0.4, -0.2) is 22.0 Å². The van der Waals surface area contributed by atoms with Crippen LogP contribution in [0.5, 0.6) is 0 Å². The Morgan fingerprint density at radius 3 is 2.78 bits per heavy atom. The van der Waals surface area contributed by atoms with Crippen molar-refractivity contribution >= 4 is 22.6 Å². The molecule has 1 amide bonds. The van der Waals surface area contributed by atoms with Gasteiger partial charge in [-0.2, -0.15) is 0 Å². The van der Waals surface area contributed by atoms with Gasteiger partial charge in [0.2, 0.25) is 5.91 Å². The number of para-hydroxylation sites is 2. The number of hydrogen-bond donors (Lipinski definition) is 0. The molecule has 0 saturated carbocycles. The summed E-state index contributed by atoms with van der Waals surface area (Å²) in [6.45, 7) is 11.6. The number of anilines is 1. The van der Waals surface area contributed by atoms with Crippen LogP contribution < -0.4 is 4.90 Å². The van der Waals surface area contributed by atoms with E-state index in [-0.39, 0.29) is 11.8 Å². The molecular formula is C23H25N3O. The van der Waals surface area contributed by atoms with Crippen LogP contribution in [0, 0.1) is 13.8 Å². The predicted molar refractivity (Wildman–Crippen MR) is 110 cm³/mol. The largest absolute Gasteiger partial charge is 0.324 e. The van der Waals surface area contributed by atoms with Gasteiger partial charge in [0, 0.05) is 31.1 Å². The number of nitrogens with zero attached hydrogens (tertiary/aromatic N) is 3. The van der Waals surface area contributed by atoms with Crippen LogP contribution in [0.2, 0.25) is 0 Å². The molecule has 4 rings (SSSR count). The molecule has 138 valence electrons. The normalized spacial score (nSPS) is 17.1. The van der Waals surface area contributed by atoms with Gasteiger partial charge in [-0.1, -0.05) is 36.4 Å². The maximum Gasteiger partial charge on any atom is 0.227 e. The highest BCUT2D eigenvalue weighted by molar-refractivity contribution is 5.97. The smallest absolute Gasteiger partial charge is 0.227 e. The quantitative estimate of drug-likeness (QED) is 0.631. The standard InChI is InChI=1S/C23H25N3O/c1-15(2)13-26-20-8-6-5-7-19(20)24-23(26)18-12-22(27)25(14-18)21-11-16(3)9-10-17(21)4/h5-11,18H,1,12-14H2,2-4H3. The summed E-state index contributed by atoms with van der Waals surface area (Å²) in [6.07, 6.45) is 0.493. The van der Waals surface area contributed by atoms with E-state index in [1.54, 1.807) is 0 Å². The van der Waals surface area contributed by atoms with Crippen molar-refractivity contribution in [2.45, 2.75) is 39.7 Å². The minimum atomic E-state index is 0.0872. The summed E-state index contributed by atoms with van der Waals surface area (Å²) in [5.41, 5.74) is 6.48. The number of rotatable bonds is 4. The third-order valence-corrected chi connectivity index (χ3v) is 5.26. The molecule has 1 unspecified atom stereocenters. The summed E-state index contributed by atoms with van der Waals surface area (Å²) in [4.78, 5) is 19.7. The zero-order valence-electron chi connectivity index (χ0n) is 16.2. The fourth-order valence-corrected chi connectivity index (χ4v) is 3.97. The van der Waals surface area contributed by atoms with Gasteiger partial charge >= 0.3 is 0 Å². The van der Waals surface area contributed by atoms with Crippen molar-refractivity contribution in [2.24, 2.45) is 0 Å². The van der Waals surface area contributed by atoms with E-state index < -0.39 is 0 Å². The van der Waals surface area contributed by atoms with E-state index in [1.807, 2.05) is 30.0 Å². The van der Waals surface area contributed by atoms with Gasteiger partial charge in [-0.3, -0.25) is 4.79 Å². The molecule has 2 heterocycles. The lowest BCUT2D eigenvalue weighted by Crippen LogP contribution is -2.25. The summed E-state index contributed by atoms with van der Waals surface area (Å²) >= 11 is 0. The Morgan fingerprint density at radius 1 is 1.22 bits per heavy atom. The van der Waals surface area contributed by atoms with Crippen LogP contribution >= 0.6 is 0 Å². The van der Waals surface area contributed by atoms with Gasteiger partial charge in [0.05, 0.1) is 11.0 Å². The van der Waals surface area contributed by atoms with E-state index in [1.165, 1.54) is 5.56 Å². The fraction of sp³-hybridized carbons (Fsp3) is 0.304. The molecule has 0 N–H and O–H groups in total. The van der Waals surface area contributed by atoms with Crippen molar-refractivity contribution in [3.8, 4) is 0 Å². The zero-order valence-corrected chi connectivity index (χ0v) is 16.2. The number of hydrogen-bond acceptors (Lipinski definition) is 2. The van der Waals surface area contributed by atoms with E-state index in [4.69, 9.17) is 4.98 Å². The summed E-state index contributed by atoms with van der Waals surface area (Å²) < 4.78 is 2.22. The second-order valence-electron chi connectivity index (χ2n) is 7.70. The molecule has 27 heavy (non-hydrogen) atoms. The summed E-state index contributed by atoms with van der Waals surface area (Å²) in [6, 6.07) is 14.4. The van der Waals surface area contributed by atoms with Crippen LogP contribution in [0.25, 0.3) is 11.0 Å². The lowest BCUT2D eigenvalue weighted by Gasteiger charge is -2.20. The Bertz CT molecular complexity index is 1050. The number of aromatic nitrogens is 2. The number of fused-ring (bicyclic) bond motifs is 1. The molecule has 1 aliphatic rings. The Kier molecular flexibility index (Phi) is 4.34. The minimum Gasteiger partial charge on any atom is -0.324 e. The number of aryl methyl sites for hydroxylation is 2. The molecule has 0 spiro atoms. The van der Waals surface area contributed by atoms with Crippen molar-refractivity contribution in [3.05, 3.63) is 71.6 Å². The van der Waals surface area contributed by atoms with Crippen LogP contribution in [0.1, 0.15) is 36.2 Å². The van der Waals surface area contributed by atoms with Crippen LogP contribution in [0.3, 0.4) is 0 Å². The van der Waals surface area contributed by atoms with Gasteiger partial charge in [0.15, 0.2) is 0 Å². The average molecular weight is 359 g/mol. The van der Waals surface area contributed by atoms with Gasteiger partial charge in [0.1, 0.15) is 5.82 Å². The maximum atomic E-state index is 12.8. The van der Waals surface area contributed by atoms with E-state index in [9.17, 15) is 4.79 Å². The third-order valence-electron chi connectivity index (χ3n) is 5.26. The molecular weight excluding hydrogens is 334 g/mol. The van der Waals surface area contributed by atoms with Crippen molar-refractivity contribution in [2.75, 3.05) is 11.4 Å². The van der Waals surface area contributed by atoms with Crippen molar-refractivity contribution < 1.29 is 4.79 Å². The van der Waals surface area contributed by atoms with Gasteiger partial charge in [-0.05, 0) is 50.1 Å². The Balaban J connectivity index is 1.74. The molecule has 4 heteroatoms. The molecule has 0 radical (unpaired) electrons. The van der Waals surface area contributed by atoms with E-state index in [0.717, 1.165) is 40.2 Å². The SMILES string of the molecule is C=C(C)Cn1c(C2CC(=O)N(c3cc(C)ccc3C)C2)nc2ccccc21. The highest BCUT2D eigenvalue weighted by Crippen LogP contribution is 2.35. The number of benzene rings is 2. The van der Waals surface area contributed by atoms with E-state index in [0.29, 0.717) is 13.0 Å². The molecule has 2 aromatic carbocycles. The molecule has 1 aliphatic heterocycles. The van der Waals surface area contributed by atoms with Gasteiger partial charge < -0.3 is 9.47 Å². The molecule has 0 aliphatic carbocycles. The second-order valence-corrected chi connectivity index (χ2v) is 7.70. The zero-order chi connectivity index (χ0) is 19.1. The van der Waals surface area contributed by atoms with E-state index in [2.05, 4.69) is 49.3 Å². The second kappa shape index (κ2) is 6.69. The average Bonchev–Trinajstić information content (AvgIpc) is 3.18. The van der Waals surface area contributed by atoms with Crippen LogP contribution in [-0.2, 0) is 11.3 Å². The number of amides is 1. The Labute approximate surface area is 160 Å². The molecule has 1 saturated heterocycles. The first-order valence-corrected chi connectivity index (χ1v) is 9.41. The predicted octanol–water partition coefficient (Wildman–Crippen LogP) is 4.75. The monoisotopic (exact) mass is 359 g/mol. The molecule has 1 fully saturated rings. The lowest BCUT2D eigenvalue weighted by atomic mass is 10.1. The van der Waals surface area contributed by atoms with E-state index >= 15 is 0 Å².